The van der Waals surface area contributed by atoms with Gasteiger partial charge in [0.2, 0.25) is 0 Å². The van der Waals surface area contributed by atoms with E-state index < -0.39 is 11.6 Å². The maximum absolute atomic E-state index is 13.3. The average Bonchev–Trinajstić information content (AvgIpc) is 2.38. The quantitative estimate of drug-likeness (QED) is 0.782. The molecule has 2 rings (SSSR count). The van der Waals surface area contributed by atoms with Crippen molar-refractivity contribution in [1.82, 2.24) is 4.90 Å². The average molecular weight is 267 g/mol. The minimum atomic E-state index is -0.823. The summed E-state index contributed by atoms with van der Waals surface area (Å²) in [6.07, 6.45) is 3.91. The van der Waals surface area contributed by atoms with Gasteiger partial charge in [-0.15, -0.1) is 0 Å². The Kier molecular flexibility index (Phi) is 4.30. The van der Waals surface area contributed by atoms with Gasteiger partial charge >= 0.3 is 0 Å². The molecule has 2 nitrogen and oxygen atoms in total. The largest absolute Gasteiger partial charge is 0.306 e. The molecule has 104 valence electrons. The second kappa shape index (κ2) is 5.78. The van der Waals surface area contributed by atoms with Crippen LogP contribution in [-0.4, -0.2) is 31.3 Å². The minimum absolute atomic E-state index is 0.0987. The van der Waals surface area contributed by atoms with Crippen LogP contribution in [0.3, 0.4) is 0 Å². The summed E-state index contributed by atoms with van der Waals surface area (Å²) >= 11 is 0. The van der Waals surface area contributed by atoms with E-state index in [-0.39, 0.29) is 5.41 Å². The van der Waals surface area contributed by atoms with Gasteiger partial charge in [0, 0.05) is 6.42 Å². The first kappa shape index (κ1) is 14.1. The van der Waals surface area contributed by atoms with Crippen molar-refractivity contribution in [1.29, 1.82) is 0 Å². The van der Waals surface area contributed by atoms with Crippen LogP contribution < -0.4 is 0 Å². The van der Waals surface area contributed by atoms with E-state index in [1.54, 1.807) is 6.07 Å². The third-order valence-corrected chi connectivity index (χ3v) is 4.13. The molecule has 0 radical (unpaired) electrons. The van der Waals surface area contributed by atoms with E-state index >= 15 is 0 Å². The molecule has 1 heterocycles. The molecule has 0 N–H and O–H groups in total. The lowest BCUT2D eigenvalue weighted by molar-refractivity contribution is -0.110. The summed E-state index contributed by atoms with van der Waals surface area (Å²) in [5.74, 6) is -1.64. The van der Waals surface area contributed by atoms with Gasteiger partial charge in [0.05, 0.1) is 0 Å². The number of piperidine rings is 1. The molecule has 1 aromatic rings. The Morgan fingerprint density at radius 3 is 2.53 bits per heavy atom. The van der Waals surface area contributed by atoms with Crippen LogP contribution in [-0.2, 0) is 11.2 Å². The van der Waals surface area contributed by atoms with E-state index in [4.69, 9.17) is 0 Å². The Hall–Kier alpha value is -1.29. The van der Waals surface area contributed by atoms with Gasteiger partial charge < -0.3 is 9.69 Å². The molecule has 0 spiro atoms. The highest BCUT2D eigenvalue weighted by atomic mass is 19.2. The molecule has 1 aliphatic rings. The molecule has 1 aliphatic heterocycles. The van der Waals surface area contributed by atoms with Gasteiger partial charge in [-0.1, -0.05) is 6.07 Å². The third-order valence-electron chi connectivity index (χ3n) is 4.13. The summed E-state index contributed by atoms with van der Waals surface area (Å²) in [7, 11) is 2.06. The maximum Gasteiger partial charge on any atom is 0.159 e. The second-order valence-electron chi connectivity index (χ2n) is 5.60. The fraction of sp³-hybridized carbons (Fsp3) is 0.533. The van der Waals surface area contributed by atoms with Crippen molar-refractivity contribution >= 4 is 6.29 Å². The Balaban J connectivity index is 2.16. The normalized spacial score (nSPS) is 19.3. The fourth-order valence-corrected chi connectivity index (χ4v) is 2.81. The number of likely N-dealkylation sites (tertiary alicyclic amines) is 1. The Morgan fingerprint density at radius 1 is 1.26 bits per heavy atom. The first-order valence-electron chi connectivity index (χ1n) is 6.61. The molecule has 1 fully saturated rings. The van der Waals surface area contributed by atoms with Crippen LogP contribution in [0.4, 0.5) is 8.78 Å². The van der Waals surface area contributed by atoms with Crippen molar-refractivity contribution in [2.45, 2.75) is 25.7 Å². The van der Waals surface area contributed by atoms with Crippen molar-refractivity contribution in [2.24, 2.45) is 5.41 Å². The number of benzene rings is 1. The number of rotatable bonds is 4. The van der Waals surface area contributed by atoms with Crippen LogP contribution in [0.2, 0.25) is 0 Å². The summed E-state index contributed by atoms with van der Waals surface area (Å²) in [5.41, 5.74) is 0.670. The predicted molar refractivity (Wildman–Crippen MR) is 69.9 cm³/mol. The molecular weight excluding hydrogens is 248 g/mol. The zero-order valence-electron chi connectivity index (χ0n) is 11.2. The molecule has 1 aromatic carbocycles. The topological polar surface area (TPSA) is 20.3 Å². The van der Waals surface area contributed by atoms with Crippen LogP contribution in [0.1, 0.15) is 24.8 Å². The van der Waals surface area contributed by atoms with Crippen molar-refractivity contribution in [3.63, 3.8) is 0 Å². The number of halogens is 2. The molecule has 1 saturated heterocycles. The standard InChI is InChI=1S/C15H19F2NO/c1-18-7-4-15(5-8-18,6-9-19)11-12-2-3-13(16)14(17)10-12/h2-3,9-10H,4-8,11H2,1H3. The summed E-state index contributed by atoms with van der Waals surface area (Å²) in [6, 6.07) is 4.03. The van der Waals surface area contributed by atoms with E-state index in [2.05, 4.69) is 11.9 Å². The number of nitrogens with zero attached hydrogens (tertiary/aromatic N) is 1. The Morgan fingerprint density at radius 2 is 1.95 bits per heavy atom. The van der Waals surface area contributed by atoms with Crippen LogP contribution in [0.25, 0.3) is 0 Å². The molecule has 0 atom stereocenters. The molecule has 0 aromatic heterocycles. The molecule has 4 heteroatoms. The van der Waals surface area contributed by atoms with Gasteiger partial charge in [-0.3, -0.25) is 0 Å². The van der Waals surface area contributed by atoms with Crippen LogP contribution in [0.15, 0.2) is 18.2 Å². The van der Waals surface area contributed by atoms with E-state index in [1.807, 2.05) is 0 Å². The second-order valence-corrected chi connectivity index (χ2v) is 5.60. The highest BCUT2D eigenvalue weighted by Crippen LogP contribution is 2.37. The third kappa shape index (κ3) is 3.38. The number of carbonyl (C=O) groups excluding carboxylic acids is 1. The van der Waals surface area contributed by atoms with E-state index in [0.717, 1.165) is 43.8 Å². The van der Waals surface area contributed by atoms with Gasteiger partial charge in [-0.25, -0.2) is 8.78 Å². The molecule has 19 heavy (non-hydrogen) atoms. The van der Waals surface area contributed by atoms with E-state index in [9.17, 15) is 13.6 Å². The first-order chi connectivity index (χ1) is 9.04. The maximum atomic E-state index is 13.3. The minimum Gasteiger partial charge on any atom is -0.306 e. The van der Waals surface area contributed by atoms with Gasteiger partial charge in [-0.05, 0) is 62.5 Å². The highest BCUT2D eigenvalue weighted by molar-refractivity contribution is 5.51. The van der Waals surface area contributed by atoms with Crippen LogP contribution in [0.5, 0.6) is 0 Å². The predicted octanol–water partition coefficient (Wildman–Crippen LogP) is 2.81. The number of carbonyl (C=O) groups is 1. The lowest BCUT2D eigenvalue weighted by Gasteiger charge is -2.40. The van der Waals surface area contributed by atoms with Gasteiger partial charge in [0.15, 0.2) is 11.6 Å². The Labute approximate surface area is 112 Å². The van der Waals surface area contributed by atoms with Crippen molar-refractivity contribution in [2.75, 3.05) is 20.1 Å². The van der Waals surface area contributed by atoms with Crippen LogP contribution in [0, 0.1) is 17.0 Å². The lowest BCUT2D eigenvalue weighted by atomic mass is 9.72. The van der Waals surface area contributed by atoms with Gasteiger partial charge in [-0.2, -0.15) is 0 Å². The Bertz CT molecular complexity index is 453. The molecule has 0 aliphatic carbocycles. The SMILES string of the molecule is CN1CCC(CC=O)(Cc2ccc(F)c(F)c2)CC1. The van der Waals surface area contributed by atoms with Gasteiger partial charge in [0.25, 0.3) is 0 Å². The molecule has 0 saturated carbocycles. The number of aldehydes is 1. The fourth-order valence-electron chi connectivity index (χ4n) is 2.81. The first-order valence-corrected chi connectivity index (χ1v) is 6.61. The number of hydrogen-bond acceptors (Lipinski definition) is 2. The smallest absolute Gasteiger partial charge is 0.159 e. The van der Waals surface area contributed by atoms with Crippen molar-refractivity contribution < 1.29 is 13.6 Å². The van der Waals surface area contributed by atoms with Gasteiger partial charge in [0.1, 0.15) is 6.29 Å². The summed E-state index contributed by atoms with van der Waals surface area (Å²) in [5, 5.41) is 0. The zero-order valence-corrected chi connectivity index (χ0v) is 11.2. The summed E-state index contributed by atoms with van der Waals surface area (Å²) in [6.45, 7) is 1.88. The zero-order chi connectivity index (χ0) is 13.9. The number of hydrogen-bond donors (Lipinski definition) is 0. The monoisotopic (exact) mass is 267 g/mol. The van der Waals surface area contributed by atoms with Crippen LogP contribution >= 0.6 is 0 Å². The molecule has 0 amide bonds. The van der Waals surface area contributed by atoms with Crippen molar-refractivity contribution in [3.8, 4) is 0 Å². The molecule has 0 unspecified atom stereocenters. The highest BCUT2D eigenvalue weighted by Gasteiger charge is 2.33. The summed E-state index contributed by atoms with van der Waals surface area (Å²) < 4.78 is 26.2. The molecular formula is C15H19F2NO. The summed E-state index contributed by atoms with van der Waals surface area (Å²) in [4.78, 5) is 13.2. The van der Waals surface area contributed by atoms with E-state index in [1.165, 1.54) is 6.07 Å². The molecule has 0 bridgehead atoms. The lowest BCUT2D eigenvalue weighted by Crippen LogP contribution is -2.39. The van der Waals surface area contributed by atoms with E-state index in [0.29, 0.717) is 12.8 Å². The van der Waals surface area contributed by atoms with Crippen molar-refractivity contribution in [3.05, 3.63) is 35.4 Å².